The number of aromatic amines is 1. The second-order valence-corrected chi connectivity index (χ2v) is 11.6. The molecule has 0 spiro atoms. The fourth-order valence-electron chi connectivity index (χ4n) is 7.54. The monoisotopic (exact) mass is 491 g/mol. The predicted molar refractivity (Wildman–Crippen MR) is 133 cm³/mol. The molecule has 1 saturated heterocycles. The van der Waals surface area contributed by atoms with E-state index in [9.17, 15) is 9.90 Å². The number of nitrogens with zero attached hydrogens (tertiary/aromatic N) is 4. The zero-order valence-electron chi connectivity index (χ0n) is 20.5. The van der Waals surface area contributed by atoms with Gasteiger partial charge in [0.2, 0.25) is 0 Å². The van der Waals surface area contributed by atoms with Crippen LogP contribution in [0.15, 0.2) is 23.0 Å². The molecule has 1 aliphatic heterocycles. The first-order valence-electron chi connectivity index (χ1n) is 13.2. The topological polar surface area (TPSA) is 132 Å². The van der Waals surface area contributed by atoms with E-state index in [4.69, 9.17) is 4.52 Å². The zero-order chi connectivity index (χ0) is 24.4. The Morgan fingerprint density at radius 2 is 2.00 bits per heavy atom. The summed E-state index contributed by atoms with van der Waals surface area (Å²) in [6.45, 7) is 1.92. The van der Waals surface area contributed by atoms with E-state index in [1.54, 1.807) is 6.20 Å². The maximum atomic E-state index is 12.8. The van der Waals surface area contributed by atoms with Crippen LogP contribution in [0.4, 0.5) is 5.69 Å². The third-order valence-corrected chi connectivity index (χ3v) is 9.05. The van der Waals surface area contributed by atoms with Crippen LogP contribution in [0.25, 0.3) is 22.5 Å². The average molecular weight is 492 g/mol. The van der Waals surface area contributed by atoms with Crippen molar-refractivity contribution in [3.05, 3.63) is 24.3 Å². The van der Waals surface area contributed by atoms with Crippen molar-refractivity contribution in [2.24, 2.45) is 17.8 Å². The van der Waals surface area contributed by atoms with Gasteiger partial charge in [-0.05, 0) is 88.9 Å². The van der Waals surface area contributed by atoms with Gasteiger partial charge in [0.15, 0.2) is 0 Å². The number of hydrogen-bond donors (Lipinski definition) is 4. The van der Waals surface area contributed by atoms with Crippen LogP contribution in [-0.2, 0) is 0 Å². The molecule has 0 aromatic carbocycles. The Morgan fingerprint density at radius 3 is 2.75 bits per heavy atom. The molecule has 2 atom stereocenters. The first kappa shape index (κ1) is 22.2. The molecule has 4 aliphatic carbocycles. The van der Waals surface area contributed by atoms with Crippen molar-refractivity contribution >= 4 is 22.6 Å². The van der Waals surface area contributed by atoms with E-state index in [-0.39, 0.29) is 29.7 Å². The van der Waals surface area contributed by atoms with Crippen molar-refractivity contribution in [3.8, 4) is 11.5 Å². The molecule has 0 radical (unpaired) electrons. The Bertz CT molecular complexity index is 1280. The van der Waals surface area contributed by atoms with Crippen LogP contribution < -0.4 is 10.6 Å². The summed E-state index contributed by atoms with van der Waals surface area (Å²) in [4.78, 5) is 27.3. The molecule has 190 valence electrons. The summed E-state index contributed by atoms with van der Waals surface area (Å²) in [5, 5.41) is 22.9. The van der Waals surface area contributed by atoms with Gasteiger partial charge in [-0.15, -0.1) is 0 Å². The molecular weight excluding hydrogens is 458 g/mol. The van der Waals surface area contributed by atoms with E-state index in [1.807, 2.05) is 12.3 Å². The molecule has 5 aliphatic rings. The van der Waals surface area contributed by atoms with Crippen molar-refractivity contribution < 1.29 is 14.4 Å². The number of pyridine rings is 1. The lowest BCUT2D eigenvalue weighted by molar-refractivity contribution is -0.129. The highest BCUT2D eigenvalue weighted by Gasteiger charge is 2.54. The average Bonchev–Trinajstić information content (AvgIpc) is 3.52. The third-order valence-electron chi connectivity index (χ3n) is 9.05. The number of hydrogen-bond acceptors (Lipinski definition) is 8. The highest BCUT2D eigenvalue weighted by molar-refractivity contribution is 5.97. The number of aromatic nitrogens is 4. The number of fused-ring (bicyclic) bond motifs is 1. The van der Waals surface area contributed by atoms with Gasteiger partial charge in [0, 0.05) is 29.9 Å². The Balaban J connectivity index is 1.17. The molecule has 4 saturated carbocycles. The lowest BCUT2D eigenvalue weighted by atomic mass is 9.52. The number of amides is 1. The van der Waals surface area contributed by atoms with Gasteiger partial charge in [0.1, 0.15) is 5.65 Å². The van der Waals surface area contributed by atoms with Crippen LogP contribution in [0.1, 0.15) is 55.6 Å². The molecule has 3 aromatic heterocycles. The maximum Gasteiger partial charge on any atom is 0.292 e. The van der Waals surface area contributed by atoms with Crippen molar-refractivity contribution in [1.29, 1.82) is 0 Å². The summed E-state index contributed by atoms with van der Waals surface area (Å²) in [5.74, 6) is 1.53. The summed E-state index contributed by atoms with van der Waals surface area (Å²) in [6, 6.07) is 2.40. The number of carbonyl (C=O) groups excluding carboxylic acids is 1. The van der Waals surface area contributed by atoms with E-state index in [0.29, 0.717) is 23.3 Å². The Kier molecular flexibility index (Phi) is 5.11. The third kappa shape index (κ3) is 3.78. The van der Waals surface area contributed by atoms with E-state index in [1.165, 1.54) is 0 Å². The van der Waals surface area contributed by atoms with Crippen molar-refractivity contribution in [1.82, 2.24) is 30.3 Å². The highest BCUT2D eigenvalue weighted by atomic mass is 16.5. The number of carbonyl (C=O) groups is 1. The minimum Gasteiger partial charge on any atom is -0.390 e. The molecule has 4 N–H and O–H groups in total. The fourth-order valence-corrected chi connectivity index (χ4v) is 7.54. The van der Waals surface area contributed by atoms with Gasteiger partial charge in [-0.2, -0.15) is 4.98 Å². The molecule has 8 rings (SSSR count). The van der Waals surface area contributed by atoms with Crippen LogP contribution in [0, 0.1) is 17.8 Å². The first-order valence-corrected chi connectivity index (χ1v) is 13.2. The maximum absolute atomic E-state index is 12.8. The molecule has 4 bridgehead atoms. The van der Waals surface area contributed by atoms with Gasteiger partial charge >= 0.3 is 0 Å². The number of H-pyrrole nitrogens is 1. The van der Waals surface area contributed by atoms with Gasteiger partial charge in [-0.25, -0.2) is 4.98 Å². The SMILES string of the molecule is CN1CCC(NC(=O)c2noc(-c3cnc4[nH]ccc4c3N[C@H]3C4CC5CC3C[C@@](O)(C5)C4)n2)CC1. The van der Waals surface area contributed by atoms with Crippen LogP contribution in [0.2, 0.25) is 0 Å². The van der Waals surface area contributed by atoms with E-state index < -0.39 is 5.60 Å². The summed E-state index contributed by atoms with van der Waals surface area (Å²) in [5.41, 5.74) is 1.89. The van der Waals surface area contributed by atoms with Gasteiger partial charge in [0.25, 0.3) is 17.6 Å². The minimum atomic E-state index is -0.484. The quantitative estimate of drug-likeness (QED) is 0.428. The van der Waals surface area contributed by atoms with E-state index in [0.717, 1.165) is 74.8 Å². The van der Waals surface area contributed by atoms with Crippen LogP contribution >= 0.6 is 0 Å². The van der Waals surface area contributed by atoms with Crippen LogP contribution in [0.3, 0.4) is 0 Å². The number of aliphatic hydroxyl groups is 1. The van der Waals surface area contributed by atoms with Crippen molar-refractivity contribution in [2.75, 3.05) is 25.5 Å². The summed E-state index contributed by atoms with van der Waals surface area (Å²) < 4.78 is 5.61. The minimum absolute atomic E-state index is 0.0425. The molecule has 36 heavy (non-hydrogen) atoms. The summed E-state index contributed by atoms with van der Waals surface area (Å²) in [6.07, 6.45) is 10.4. The summed E-state index contributed by atoms with van der Waals surface area (Å²) >= 11 is 0. The Labute approximate surface area is 209 Å². The number of piperidine rings is 1. The predicted octanol–water partition coefficient (Wildman–Crippen LogP) is 2.79. The standard InChI is InChI=1S/C26H33N7O3/c1-33-6-3-17(4-7-33)29-24(34)23-31-25(36-32-23)19-13-28-22-18(2-5-27-22)21(19)30-20-15-8-14-9-16(20)12-26(35,10-14)11-15/h2,5,13-17,20,35H,3-4,6-12H2,1H3,(H,29,34)(H2,27,28,30)/t14?,15?,16?,20-,26+. The number of likely N-dealkylation sites (tertiary alicyclic amines) is 1. The molecule has 3 aromatic rings. The van der Waals surface area contributed by atoms with Gasteiger partial charge in [-0.1, -0.05) is 5.16 Å². The molecule has 4 heterocycles. The second kappa shape index (κ2) is 8.27. The Morgan fingerprint density at radius 1 is 1.22 bits per heavy atom. The van der Waals surface area contributed by atoms with Crippen molar-refractivity contribution in [2.45, 2.75) is 62.6 Å². The molecular formula is C26H33N7O3. The Hall–Kier alpha value is -2.98. The lowest BCUT2D eigenvalue weighted by Crippen LogP contribution is -2.59. The van der Waals surface area contributed by atoms with Gasteiger partial charge < -0.3 is 30.1 Å². The molecule has 5 fully saturated rings. The largest absolute Gasteiger partial charge is 0.390 e. The zero-order valence-corrected chi connectivity index (χ0v) is 20.5. The molecule has 1 amide bonds. The lowest BCUT2D eigenvalue weighted by Gasteiger charge is -2.58. The van der Waals surface area contributed by atoms with E-state index >= 15 is 0 Å². The van der Waals surface area contributed by atoms with Crippen LogP contribution in [0.5, 0.6) is 0 Å². The first-order chi connectivity index (χ1) is 17.4. The van der Waals surface area contributed by atoms with Crippen LogP contribution in [-0.4, -0.2) is 73.8 Å². The molecule has 10 heteroatoms. The number of anilines is 1. The fraction of sp³-hybridized carbons (Fsp3) is 0.615. The molecule has 10 nitrogen and oxygen atoms in total. The number of rotatable bonds is 5. The molecule has 2 unspecified atom stereocenters. The van der Waals surface area contributed by atoms with Gasteiger partial charge in [-0.3, -0.25) is 4.79 Å². The second-order valence-electron chi connectivity index (χ2n) is 11.6. The number of nitrogens with one attached hydrogen (secondary N) is 3. The van der Waals surface area contributed by atoms with E-state index in [2.05, 4.69) is 42.7 Å². The normalized spacial score (nSPS) is 32.3. The smallest absolute Gasteiger partial charge is 0.292 e. The van der Waals surface area contributed by atoms with Gasteiger partial charge in [0.05, 0.1) is 16.9 Å². The van der Waals surface area contributed by atoms with Crippen molar-refractivity contribution in [3.63, 3.8) is 0 Å². The highest BCUT2D eigenvalue weighted by Crippen LogP contribution is 2.56. The summed E-state index contributed by atoms with van der Waals surface area (Å²) in [7, 11) is 2.09.